The smallest absolute Gasteiger partial charge is 0.278 e. The molecule has 2 aromatic carbocycles. The Bertz CT molecular complexity index is 830. The minimum atomic E-state index is 0.273. The van der Waals surface area contributed by atoms with Gasteiger partial charge in [0, 0.05) is 23.3 Å². The number of nitrogens with zero attached hydrogens (tertiary/aromatic N) is 2. The van der Waals surface area contributed by atoms with Gasteiger partial charge in [0.25, 0.3) is 5.91 Å². The van der Waals surface area contributed by atoms with Crippen molar-refractivity contribution in [3.05, 3.63) is 59.1 Å². The van der Waals surface area contributed by atoms with Gasteiger partial charge < -0.3 is 19.4 Å². The number of carbonyl (C=O) groups excluding carboxylic acids is 1. The van der Waals surface area contributed by atoms with Gasteiger partial charge in [0.15, 0.2) is 6.54 Å². The number of hydrogen-bond acceptors (Lipinski definition) is 3. The van der Waals surface area contributed by atoms with Crippen LogP contribution in [0.25, 0.3) is 0 Å². The number of halogens is 1. The van der Waals surface area contributed by atoms with Gasteiger partial charge in [-0.05, 0) is 48.7 Å². The van der Waals surface area contributed by atoms with Gasteiger partial charge in [0.2, 0.25) is 0 Å². The fourth-order valence-electron chi connectivity index (χ4n) is 3.98. The third-order valence-corrected chi connectivity index (χ3v) is 6.10. The molecule has 1 saturated carbocycles. The van der Waals surface area contributed by atoms with Gasteiger partial charge in [0.1, 0.15) is 5.75 Å². The summed E-state index contributed by atoms with van der Waals surface area (Å²) >= 11 is 6.13. The molecular weight excluding hydrogens is 386 g/mol. The lowest BCUT2D eigenvalue weighted by Gasteiger charge is -2.34. The van der Waals surface area contributed by atoms with Crippen molar-refractivity contribution in [2.24, 2.45) is 0 Å². The summed E-state index contributed by atoms with van der Waals surface area (Å²) in [6, 6.07) is 16.5. The zero-order valence-corrected chi connectivity index (χ0v) is 17.7. The van der Waals surface area contributed by atoms with Crippen LogP contribution in [0.1, 0.15) is 18.4 Å². The molecule has 154 valence electrons. The lowest BCUT2D eigenvalue weighted by atomic mass is 10.2. The monoisotopic (exact) mass is 414 g/mol. The minimum absolute atomic E-state index is 0.273. The SMILES string of the molecule is COc1ccc(CN(C(=O)C[NH+]2CCN(c3cccc(Cl)c3)CC2)C2CC2)cc1. The highest BCUT2D eigenvalue weighted by Gasteiger charge is 2.34. The number of piperazine rings is 1. The van der Waals surface area contributed by atoms with Crippen molar-refractivity contribution in [2.75, 3.05) is 44.7 Å². The van der Waals surface area contributed by atoms with Gasteiger partial charge in [-0.3, -0.25) is 4.79 Å². The zero-order chi connectivity index (χ0) is 20.2. The summed E-state index contributed by atoms with van der Waals surface area (Å²) in [5.41, 5.74) is 2.33. The number of quaternary nitrogens is 1. The van der Waals surface area contributed by atoms with Gasteiger partial charge in [-0.1, -0.05) is 29.8 Å². The van der Waals surface area contributed by atoms with E-state index in [9.17, 15) is 4.79 Å². The van der Waals surface area contributed by atoms with Crippen molar-refractivity contribution in [3.63, 3.8) is 0 Å². The average Bonchev–Trinajstić information content (AvgIpc) is 3.58. The van der Waals surface area contributed by atoms with Gasteiger partial charge in [-0.2, -0.15) is 0 Å². The largest absolute Gasteiger partial charge is 0.497 e. The molecule has 0 bridgehead atoms. The summed E-state index contributed by atoms with van der Waals surface area (Å²) in [5.74, 6) is 1.12. The Morgan fingerprint density at radius 3 is 2.52 bits per heavy atom. The van der Waals surface area contributed by atoms with Crippen LogP contribution in [0.3, 0.4) is 0 Å². The molecule has 5 nitrogen and oxygen atoms in total. The molecule has 1 N–H and O–H groups in total. The lowest BCUT2D eigenvalue weighted by Crippen LogP contribution is -3.15. The average molecular weight is 415 g/mol. The van der Waals surface area contributed by atoms with Gasteiger partial charge in [0.05, 0.1) is 33.3 Å². The number of amides is 1. The van der Waals surface area contributed by atoms with Gasteiger partial charge in [-0.15, -0.1) is 0 Å². The second kappa shape index (κ2) is 9.06. The van der Waals surface area contributed by atoms with Crippen molar-refractivity contribution in [2.45, 2.75) is 25.4 Å². The first-order valence-electron chi connectivity index (χ1n) is 10.4. The Kier molecular flexibility index (Phi) is 6.26. The molecule has 0 spiro atoms. The molecule has 4 rings (SSSR count). The Balaban J connectivity index is 1.31. The molecule has 6 heteroatoms. The molecule has 2 aliphatic rings. The topological polar surface area (TPSA) is 37.2 Å². The summed E-state index contributed by atoms with van der Waals surface area (Å²) in [7, 11) is 1.67. The first kappa shape index (κ1) is 20.0. The fourth-order valence-corrected chi connectivity index (χ4v) is 4.17. The van der Waals surface area contributed by atoms with Gasteiger partial charge >= 0.3 is 0 Å². The Morgan fingerprint density at radius 1 is 1.17 bits per heavy atom. The van der Waals surface area contributed by atoms with E-state index in [1.165, 1.54) is 10.6 Å². The maximum atomic E-state index is 13.1. The molecule has 0 radical (unpaired) electrons. The van der Waals surface area contributed by atoms with E-state index in [2.05, 4.69) is 28.0 Å². The minimum Gasteiger partial charge on any atom is -0.497 e. The summed E-state index contributed by atoms with van der Waals surface area (Å²) in [5, 5.41) is 0.770. The number of carbonyl (C=O) groups is 1. The first-order valence-corrected chi connectivity index (χ1v) is 10.8. The highest BCUT2D eigenvalue weighted by atomic mass is 35.5. The molecule has 1 saturated heterocycles. The van der Waals surface area contributed by atoms with Crippen molar-refractivity contribution >= 4 is 23.2 Å². The second-order valence-electron chi connectivity index (χ2n) is 7.99. The Labute approximate surface area is 177 Å². The molecule has 1 aliphatic carbocycles. The van der Waals surface area contributed by atoms with E-state index in [0.29, 0.717) is 19.1 Å². The van der Waals surface area contributed by atoms with Crippen LogP contribution in [0.15, 0.2) is 48.5 Å². The summed E-state index contributed by atoms with van der Waals surface area (Å²) in [6.45, 7) is 5.11. The number of ether oxygens (including phenoxy) is 1. The molecule has 0 aromatic heterocycles. The molecule has 2 fully saturated rings. The van der Waals surface area contributed by atoms with E-state index in [-0.39, 0.29) is 5.91 Å². The number of nitrogens with one attached hydrogen (secondary N) is 1. The zero-order valence-electron chi connectivity index (χ0n) is 16.9. The maximum absolute atomic E-state index is 13.1. The normalized spacial score (nSPS) is 17.2. The van der Waals surface area contributed by atoms with Crippen molar-refractivity contribution < 1.29 is 14.4 Å². The van der Waals surface area contributed by atoms with Gasteiger partial charge in [-0.25, -0.2) is 0 Å². The molecule has 29 heavy (non-hydrogen) atoms. The number of benzene rings is 2. The van der Waals surface area contributed by atoms with Crippen molar-refractivity contribution in [3.8, 4) is 5.75 Å². The number of hydrogen-bond donors (Lipinski definition) is 1. The van der Waals surface area contributed by atoms with E-state index in [1.807, 2.05) is 30.3 Å². The van der Waals surface area contributed by atoms with Crippen LogP contribution >= 0.6 is 11.6 Å². The van der Waals surface area contributed by atoms with Crippen molar-refractivity contribution in [1.29, 1.82) is 0 Å². The number of methoxy groups -OCH3 is 1. The van der Waals surface area contributed by atoms with E-state index >= 15 is 0 Å². The van der Waals surface area contributed by atoms with Crippen LogP contribution in [-0.2, 0) is 11.3 Å². The Hall–Kier alpha value is -2.24. The summed E-state index contributed by atoms with van der Waals surface area (Å²) in [4.78, 5) is 18.9. The van der Waals surface area contributed by atoms with E-state index in [4.69, 9.17) is 16.3 Å². The van der Waals surface area contributed by atoms with Crippen molar-refractivity contribution in [1.82, 2.24) is 4.90 Å². The molecule has 0 unspecified atom stereocenters. The van der Waals surface area contributed by atoms with Crippen LogP contribution in [0.5, 0.6) is 5.75 Å². The van der Waals surface area contributed by atoms with Crippen LogP contribution < -0.4 is 14.5 Å². The Morgan fingerprint density at radius 2 is 1.90 bits per heavy atom. The molecule has 2 aromatic rings. The predicted molar refractivity (Wildman–Crippen MR) is 116 cm³/mol. The standard InChI is InChI=1S/C23H28ClN3O2/c1-29-22-9-5-18(6-10-22)16-27(20-7-8-20)23(28)17-25-11-13-26(14-12-25)21-4-2-3-19(24)15-21/h2-6,9-10,15,20H,7-8,11-14,16-17H2,1H3/p+1. The number of anilines is 1. The van der Waals surface area contributed by atoms with Crippen LogP contribution in [0, 0.1) is 0 Å². The highest BCUT2D eigenvalue weighted by Crippen LogP contribution is 2.28. The second-order valence-corrected chi connectivity index (χ2v) is 8.43. The first-order chi connectivity index (χ1) is 14.1. The molecule has 1 aliphatic heterocycles. The third-order valence-electron chi connectivity index (χ3n) is 5.87. The van der Waals surface area contributed by atoms with Crippen LogP contribution in [0.2, 0.25) is 5.02 Å². The molecule has 1 amide bonds. The van der Waals surface area contributed by atoms with E-state index < -0.39 is 0 Å². The quantitative estimate of drug-likeness (QED) is 0.755. The maximum Gasteiger partial charge on any atom is 0.278 e. The summed E-state index contributed by atoms with van der Waals surface area (Å²) in [6.07, 6.45) is 2.25. The van der Waals surface area contributed by atoms with Crippen LogP contribution in [0.4, 0.5) is 5.69 Å². The lowest BCUT2D eigenvalue weighted by molar-refractivity contribution is -0.892. The van der Waals surface area contributed by atoms with E-state index in [0.717, 1.165) is 55.4 Å². The predicted octanol–water partition coefficient (Wildman–Crippen LogP) is 2.24. The highest BCUT2D eigenvalue weighted by molar-refractivity contribution is 6.30. The fraction of sp³-hybridized carbons (Fsp3) is 0.435. The molecule has 1 heterocycles. The van der Waals surface area contributed by atoms with E-state index in [1.54, 1.807) is 7.11 Å². The summed E-state index contributed by atoms with van der Waals surface area (Å²) < 4.78 is 5.23. The molecular formula is C23H29ClN3O2+. The number of rotatable bonds is 7. The third kappa shape index (κ3) is 5.22. The molecule has 0 atom stereocenters. The van der Waals surface area contributed by atoms with Crippen LogP contribution in [-0.4, -0.2) is 56.7 Å².